The zero-order valence-electron chi connectivity index (χ0n) is 14.0. The number of aliphatic hydroxyl groups is 1. The van der Waals surface area contributed by atoms with Crippen molar-refractivity contribution in [3.63, 3.8) is 0 Å². The Bertz CT molecular complexity index is 611. The second-order valence-corrected chi connectivity index (χ2v) is 5.57. The molecule has 0 aliphatic rings. The molecule has 0 saturated heterocycles. The number of aliphatic hydroxyl groups excluding tert-OH is 1. The van der Waals surface area contributed by atoms with Crippen LogP contribution in [0.15, 0.2) is 42.5 Å². The highest BCUT2D eigenvalue weighted by Crippen LogP contribution is 2.30. The van der Waals surface area contributed by atoms with Crippen molar-refractivity contribution in [3.05, 3.63) is 59.2 Å². The van der Waals surface area contributed by atoms with Crippen LogP contribution < -0.4 is 14.8 Å². The van der Waals surface area contributed by atoms with Gasteiger partial charge in [0.2, 0.25) is 0 Å². The van der Waals surface area contributed by atoms with Crippen LogP contribution in [0.5, 0.6) is 11.5 Å². The molecule has 2 aromatic carbocycles. The van der Waals surface area contributed by atoms with E-state index in [2.05, 4.69) is 43.4 Å². The van der Waals surface area contributed by atoms with Crippen LogP contribution in [-0.4, -0.2) is 25.4 Å². The van der Waals surface area contributed by atoms with Crippen LogP contribution >= 0.6 is 0 Å². The Balaban J connectivity index is 2.00. The van der Waals surface area contributed by atoms with Gasteiger partial charge in [-0.25, -0.2) is 0 Å². The average molecular weight is 315 g/mol. The second-order valence-electron chi connectivity index (χ2n) is 5.57. The van der Waals surface area contributed by atoms with Gasteiger partial charge in [0.05, 0.1) is 13.7 Å². The lowest BCUT2D eigenvalue weighted by atomic mass is 10.1. The van der Waals surface area contributed by atoms with E-state index in [0.29, 0.717) is 11.5 Å². The van der Waals surface area contributed by atoms with Gasteiger partial charge in [-0.2, -0.15) is 0 Å². The lowest BCUT2D eigenvalue weighted by Crippen LogP contribution is -2.18. The van der Waals surface area contributed by atoms with Gasteiger partial charge >= 0.3 is 0 Å². The smallest absolute Gasteiger partial charge is 0.161 e. The molecule has 0 fully saturated rings. The molecule has 0 bridgehead atoms. The first kappa shape index (κ1) is 17.3. The molecule has 0 saturated carbocycles. The van der Waals surface area contributed by atoms with E-state index < -0.39 is 0 Å². The van der Waals surface area contributed by atoms with Gasteiger partial charge in [0, 0.05) is 12.6 Å². The van der Waals surface area contributed by atoms with Crippen LogP contribution in [0.2, 0.25) is 0 Å². The lowest BCUT2D eigenvalue weighted by Gasteiger charge is -2.17. The maximum Gasteiger partial charge on any atom is 0.161 e. The Morgan fingerprint density at radius 3 is 2.48 bits per heavy atom. The van der Waals surface area contributed by atoms with Gasteiger partial charge in [-0.3, -0.25) is 0 Å². The number of benzene rings is 2. The van der Waals surface area contributed by atoms with Crippen LogP contribution in [0.3, 0.4) is 0 Å². The molecule has 0 aliphatic carbocycles. The SMILES string of the molecule is COc1cc(C(C)NCc2ccc(C)cc2)ccc1OCCO. The molecule has 1 unspecified atom stereocenters. The van der Waals surface area contributed by atoms with Gasteiger partial charge in [0.15, 0.2) is 11.5 Å². The molecule has 124 valence electrons. The van der Waals surface area contributed by atoms with Gasteiger partial charge in [-0.1, -0.05) is 35.9 Å². The molecule has 23 heavy (non-hydrogen) atoms. The minimum Gasteiger partial charge on any atom is -0.493 e. The summed E-state index contributed by atoms with van der Waals surface area (Å²) in [5.74, 6) is 1.33. The molecule has 0 spiro atoms. The molecule has 4 nitrogen and oxygen atoms in total. The molecule has 2 aromatic rings. The van der Waals surface area contributed by atoms with Crippen molar-refractivity contribution >= 4 is 0 Å². The molecule has 0 radical (unpaired) electrons. The van der Waals surface area contributed by atoms with E-state index in [0.717, 1.165) is 12.1 Å². The molecule has 2 N–H and O–H groups in total. The van der Waals surface area contributed by atoms with Crippen molar-refractivity contribution in [2.75, 3.05) is 20.3 Å². The molecule has 0 heterocycles. The number of ether oxygens (including phenoxy) is 2. The summed E-state index contributed by atoms with van der Waals surface area (Å²) in [6, 6.07) is 14.6. The highest BCUT2D eigenvalue weighted by molar-refractivity contribution is 5.43. The summed E-state index contributed by atoms with van der Waals surface area (Å²) in [4.78, 5) is 0. The van der Waals surface area contributed by atoms with Crippen molar-refractivity contribution in [2.24, 2.45) is 0 Å². The zero-order valence-corrected chi connectivity index (χ0v) is 14.0. The minimum atomic E-state index is -0.0145. The molecular weight excluding hydrogens is 290 g/mol. The number of aryl methyl sites for hydroxylation is 1. The number of nitrogens with one attached hydrogen (secondary N) is 1. The van der Waals surface area contributed by atoms with E-state index >= 15 is 0 Å². The van der Waals surface area contributed by atoms with E-state index in [1.807, 2.05) is 18.2 Å². The molecule has 2 rings (SSSR count). The zero-order chi connectivity index (χ0) is 16.7. The van der Waals surface area contributed by atoms with E-state index in [1.54, 1.807) is 7.11 Å². The third-order valence-corrected chi connectivity index (χ3v) is 3.77. The standard InChI is InChI=1S/C19H25NO3/c1-14-4-6-16(7-5-14)13-20-15(2)17-8-9-18(23-11-10-21)19(12-17)22-3/h4-9,12,15,20-21H,10-11,13H2,1-3H3. The summed E-state index contributed by atoms with van der Waals surface area (Å²) >= 11 is 0. The number of hydrogen-bond acceptors (Lipinski definition) is 4. The molecule has 1 atom stereocenters. The average Bonchev–Trinajstić information content (AvgIpc) is 2.59. The van der Waals surface area contributed by atoms with E-state index in [1.165, 1.54) is 11.1 Å². The summed E-state index contributed by atoms with van der Waals surface area (Å²) in [6.07, 6.45) is 0. The van der Waals surface area contributed by atoms with Gasteiger partial charge in [-0.05, 0) is 37.1 Å². The minimum absolute atomic E-state index is 0.0145. The lowest BCUT2D eigenvalue weighted by molar-refractivity contribution is 0.196. The van der Waals surface area contributed by atoms with Crippen molar-refractivity contribution in [3.8, 4) is 11.5 Å². The number of rotatable bonds is 8. The summed E-state index contributed by atoms with van der Waals surface area (Å²) in [5, 5.41) is 12.4. The van der Waals surface area contributed by atoms with Crippen LogP contribution in [0.4, 0.5) is 0 Å². The van der Waals surface area contributed by atoms with Gasteiger partial charge < -0.3 is 19.9 Å². The van der Waals surface area contributed by atoms with Gasteiger partial charge in [0.25, 0.3) is 0 Å². The maximum atomic E-state index is 8.85. The fourth-order valence-electron chi connectivity index (χ4n) is 2.32. The van der Waals surface area contributed by atoms with Crippen LogP contribution in [0.25, 0.3) is 0 Å². The van der Waals surface area contributed by atoms with Crippen molar-refractivity contribution < 1.29 is 14.6 Å². The Labute approximate surface area is 138 Å². The van der Waals surface area contributed by atoms with E-state index in [9.17, 15) is 0 Å². The third kappa shape index (κ3) is 4.98. The Kier molecular flexibility index (Phi) is 6.44. The number of hydrogen-bond donors (Lipinski definition) is 2. The second kappa shape index (κ2) is 8.56. The topological polar surface area (TPSA) is 50.7 Å². The van der Waals surface area contributed by atoms with Crippen LogP contribution in [0.1, 0.15) is 29.7 Å². The largest absolute Gasteiger partial charge is 0.493 e. The molecular formula is C19H25NO3. The van der Waals surface area contributed by atoms with Crippen molar-refractivity contribution in [1.29, 1.82) is 0 Å². The highest BCUT2D eigenvalue weighted by atomic mass is 16.5. The molecule has 0 aliphatic heterocycles. The van der Waals surface area contributed by atoms with Gasteiger partial charge in [-0.15, -0.1) is 0 Å². The fraction of sp³-hybridized carbons (Fsp3) is 0.368. The quantitative estimate of drug-likeness (QED) is 0.785. The first-order chi connectivity index (χ1) is 11.1. The summed E-state index contributed by atoms with van der Waals surface area (Å²) in [5.41, 5.74) is 3.66. The third-order valence-electron chi connectivity index (χ3n) is 3.77. The van der Waals surface area contributed by atoms with Gasteiger partial charge in [0.1, 0.15) is 6.61 Å². The monoisotopic (exact) mass is 315 g/mol. The predicted molar refractivity (Wildman–Crippen MR) is 92.0 cm³/mol. The number of methoxy groups -OCH3 is 1. The first-order valence-corrected chi connectivity index (χ1v) is 7.84. The van der Waals surface area contributed by atoms with Crippen molar-refractivity contribution in [1.82, 2.24) is 5.32 Å². The normalized spacial score (nSPS) is 12.0. The highest BCUT2D eigenvalue weighted by Gasteiger charge is 2.10. The van der Waals surface area contributed by atoms with Crippen LogP contribution in [0, 0.1) is 6.92 Å². The fourth-order valence-corrected chi connectivity index (χ4v) is 2.32. The summed E-state index contributed by atoms with van der Waals surface area (Å²) < 4.78 is 10.8. The van der Waals surface area contributed by atoms with Crippen molar-refractivity contribution in [2.45, 2.75) is 26.4 Å². The first-order valence-electron chi connectivity index (χ1n) is 7.84. The molecule has 4 heteroatoms. The van der Waals surface area contributed by atoms with Crippen LogP contribution in [-0.2, 0) is 6.54 Å². The Morgan fingerprint density at radius 1 is 1.09 bits per heavy atom. The molecule has 0 amide bonds. The Morgan fingerprint density at radius 2 is 1.83 bits per heavy atom. The van der Waals surface area contributed by atoms with E-state index in [-0.39, 0.29) is 19.3 Å². The summed E-state index contributed by atoms with van der Waals surface area (Å²) in [6.45, 7) is 5.27. The summed E-state index contributed by atoms with van der Waals surface area (Å²) in [7, 11) is 1.62. The Hall–Kier alpha value is -2.04. The predicted octanol–water partition coefficient (Wildman–Crippen LogP) is 3.23. The molecule has 0 aromatic heterocycles. The van der Waals surface area contributed by atoms with E-state index in [4.69, 9.17) is 14.6 Å². The maximum absolute atomic E-state index is 8.85.